The molecule has 1 saturated heterocycles. The van der Waals surface area contributed by atoms with Crippen LogP contribution in [0.5, 0.6) is 17.2 Å². The summed E-state index contributed by atoms with van der Waals surface area (Å²) in [6.45, 7) is 3.36. The third-order valence-corrected chi connectivity index (χ3v) is 6.55. The van der Waals surface area contributed by atoms with Crippen molar-refractivity contribution in [1.82, 2.24) is 9.80 Å². The van der Waals surface area contributed by atoms with E-state index in [9.17, 15) is 18.0 Å². The maximum absolute atomic E-state index is 13.5. The lowest BCUT2D eigenvalue weighted by atomic mass is 10.1. The average Bonchev–Trinajstić information content (AvgIpc) is 3.19. The van der Waals surface area contributed by atoms with E-state index in [0.29, 0.717) is 15.6 Å². The second-order valence-electron chi connectivity index (χ2n) is 7.93. The Bertz CT molecular complexity index is 1250. The molecule has 11 heteroatoms. The summed E-state index contributed by atoms with van der Waals surface area (Å²) < 4.78 is 51.3. The number of hydrogen-bond donors (Lipinski definition) is 0. The van der Waals surface area contributed by atoms with Crippen LogP contribution in [0.4, 0.5) is 13.2 Å². The molecule has 0 spiro atoms. The van der Waals surface area contributed by atoms with Crippen LogP contribution in [0.2, 0.25) is 0 Å². The van der Waals surface area contributed by atoms with Gasteiger partial charge in [-0.15, -0.1) is 0 Å². The lowest BCUT2D eigenvalue weighted by Gasteiger charge is -2.32. The highest BCUT2D eigenvalue weighted by molar-refractivity contribution is 8.18. The van der Waals surface area contributed by atoms with Crippen molar-refractivity contribution in [3.05, 3.63) is 58.0 Å². The van der Waals surface area contributed by atoms with E-state index in [-0.39, 0.29) is 23.0 Å². The van der Waals surface area contributed by atoms with Gasteiger partial charge in [0.05, 0.1) is 29.2 Å². The first kappa shape index (κ1) is 24.6. The molecule has 0 saturated carbocycles. The summed E-state index contributed by atoms with van der Waals surface area (Å²) in [6.07, 6.45) is -3.05. The molecule has 0 aromatic heterocycles. The van der Waals surface area contributed by atoms with Gasteiger partial charge in [-0.05, 0) is 60.8 Å². The van der Waals surface area contributed by atoms with Gasteiger partial charge in [0.15, 0.2) is 16.7 Å². The summed E-state index contributed by atoms with van der Waals surface area (Å²) in [6, 6.07) is 9.43. The van der Waals surface area contributed by atoms with Gasteiger partial charge in [0.25, 0.3) is 5.91 Å². The number of halogens is 3. The van der Waals surface area contributed by atoms with Crippen molar-refractivity contribution in [3.63, 3.8) is 0 Å². The minimum atomic E-state index is -4.71. The summed E-state index contributed by atoms with van der Waals surface area (Å²) in [5, 5.41) is 9.60. The number of piperazine rings is 1. The van der Waals surface area contributed by atoms with Crippen LogP contribution in [-0.4, -0.2) is 61.2 Å². The molecule has 0 unspecified atom stereocenters. The Kier molecular flexibility index (Phi) is 7.05. The highest BCUT2D eigenvalue weighted by Crippen LogP contribution is 2.41. The fourth-order valence-electron chi connectivity index (χ4n) is 3.57. The van der Waals surface area contributed by atoms with Gasteiger partial charge >= 0.3 is 6.18 Å². The van der Waals surface area contributed by atoms with E-state index in [0.717, 1.165) is 38.3 Å². The second kappa shape index (κ2) is 10.0. The molecule has 2 aromatic carbocycles. The zero-order valence-corrected chi connectivity index (χ0v) is 19.7. The molecule has 0 N–H and O–H groups in total. The van der Waals surface area contributed by atoms with Crippen LogP contribution >= 0.6 is 11.8 Å². The minimum absolute atomic E-state index is 0.0598. The van der Waals surface area contributed by atoms with E-state index in [4.69, 9.17) is 14.7 Å². The number of thioether (sulfide) groups is 1. The first-order valence-electron chi connectivity index (χ1n) is 10.6. The van der Waals surface area contributed by atoms with E-state index in [1.54, 1.807) is 24.3 Å². The number of likely N-dealkylation sites (N-methyl/N-ethyl adjacent to an activating group) is 1. The first-order chi connectivity index (χ1) is 16.7. The number of ether oxygens (including phenoxy) is 2. The van der Waals surface area contributed by atoms with Gasteiger partial charge in [-0.3, -0.25) is 4.79 Å². The number of nitrogens with zero attached hydrogens (tertiary/aromatic N) is 4. The summed E-state index contributed by atoms with van der Waals surface area (Å²) in [5.74, 6) is -0.541. The number of aliphatic imine (C=N–C) groups is 1. The molecule has 2 aliphatic heterocycles. The SMILES string of the molecule is COc1cc(/C=C2\SC(N3CCN(C)CC3)=NC2=O)ccc1Oc1ccc(C#N)cc1C(F)(F)F. The molecule has 0 aliphatic carbocycles. The predicted molar refractivity (Wildman–Crippen MR) is 126 cm³/mol. The molecular formula is C24H21F3N4O3S. The Morgan fingerprint density at radius 1 is 1.09 bits per heavy atom. The molecule has 0 bridgehead atoms. The number of methoxy groups -OCH3 is 1. The largest absolute Gasteiger partial charge is 0.493 e. The Hall–Kier alpha value is -3.49. The molecule has 2 heterocycles. The summed E-state index contributed by atoms with van der Waals surface area (Å²) in [5.41, 5.74) is -0.586. The normalized spacial score (nSPS) is 17.9. The van der Waals surface area contributed by atoms with Crippen LogP contribution in [0.15, 0.2) is 46.3 Å². The second-order valence-corrected chi connectivity index (χ2v) is 8.94. The van der Waals surface area contributed by atoms with Crippen molar-refractivity contribution in [2.75, 3.05) is 40.3 Å². The van der Waals surface area contributed by atoms with E-state index in [1.165, 1.54) is 31.0 Å². The third kappa shape index (κ3) is 5.61. The number of hydrogen-bond acceptors (Lipinski definition) is 7. The lowest BCUT2D eigenvalue weighted by Crippen LogP contribution is -2.46. The molecule has 35 heavy (non-hydrogen) atoms. The lowest BCUT2D eigenvalue weighted by molar-refractivity contribution is -0.138. The van der Waals surface area contributed by atoms with Crippen molar-refractivity contribution in [2.45, 2.75) is 6.18 Å². The zero-order chi connectivity index (χ0) is 25.2. The predicted octanol–water partition coefficient (Wildman–Crippen LogP) is 4.60. The Balaban J connectivity index is 1.55. The van der Waals surface area contributed by atoms with E-state index < -0.39 is 17.5 Å². The van der Waals surface area contributed by atoms with Crippen LogP contribution in [-0.2, 0) is 11.0 Å². The van der Waals surface area contributed by atoms with Crippen molar-refractivity contribution in [2.24, 2.45) is 4.99 Å². The van der Waals surface area contributed by atoms with E-state index >= 15 is 0 Å². The molecule has 0 atom stereocenters. The minimum Gasteiger partial charge on any atom is -0.493 e. The van der Waals surface area contributed by atoms with Crippen LogP contribution in [0, 0.1) is 11.3 Å². The molecular weight excluding hydrogens is 481 g/mol. The van der Waals surface area contributed by atoms with Crippen molar-refractivity contribution >= 4 is 28.9 Å². The van der Waals surface area contributed by atoms with Gasteiger partial charge in [0.2, 0.25) is 0 Å². The fourth-order valence-corrected chi connectivity index (χ4v) is 4.53. The van der Waals surface area contributed by atoms with E-state index in [1.807, 2.05) is 7.05 Å². The van der Waals surface area contributed by atoms with Crippen molar-refractivity contribution in [3.8, 4) is 23.3 Å². The maximum atomic E-state index is 13.5. The number of amidine groups is 1. The number of amides is 1. The number of carbonyl (C=O) groups excluding carboxylic acids is 1. The Morgan fingerprint density at radius 2 is 1.80 bits per heavy atom. The van der Waals surface area contributed by atoms with Gasteiger partial charge in [-0.1, -0.05) is 6.07 Å². The van der Waals surface area contributed by atoms with Crippen molar-refractivity contribution < 1.29 is 27.4 Å². The molecule has 7 nitrogen and oxygen atoms in total. The van der Waals surface area contributed by atoms with Crippen molar-refractivity contribution in [1.29, 1.82) is 5.26 Å². The van der Waals surface area contributed by atoms with Gasteiger partial charge in [-0.2, -0.15) is 23.4 Å². The summed E-state index contributed by atoms with van der Waals surface area (Å²) >= 11 is 1.30. The Labute approximate surface area is 204 Å². The van der Waals surface area contributed by atoms with E-state index in [2.05, 4.69) is 14.8 Å². The van der Waals surface area contributed by atoms with Gasteiger partial charge in [-0.25, -0.2) is 0 Å². The van der Waals surface area contributed by atoms with Gasteiger partial charge in [0.1, 0.15) is 5.75 Å². The van der Waals surface area contributed by atoms with Crippen LogP contribution < -0.4 is 9.47 Å². The molecule has 0 radical (unpaired) electrons. The van der Waals surface area contributed by atoms with Crippen LogP contribution in [0.3, 0.4) is 0 Å². The number of benzene rings is 2. The smallest absolute Gasteiger partial charge is 0.420 e. The average molecular weight is 503 g/mol. The number of carbonyl (C=O) groups is 1. The number of nitriles is 1. The molecule has 2 aliphatic rings. The zero-order valence-electron chi connectivity index (χ0n) is 18.9. The standard InChI is InChI=1S/C24H21F3N4O3S/c1-30-7-9-31(10-8-30)23-29-22(32)21(35-23)13-15-3-6-19(20(12-15)33-2)34-18-5-4-16(14-28)11-17(18)24(25,26)27/h3-6,11-13H,7-10H2,1-2H3/b21-13-. The molecule has 2 aromatic rings. The quantitative estimate of drug-likeness (QED) is 0.566. The third-order valence-electron chi connectivity index (χ3n) is 5.50. The topological polar surface area (TPSA) is 78.2 Å². The Morgan fingerprint density at radius 3 is 2.46 bits per heavy atom. The van der Waals surface area contributed by atoms with Crippen LogP contribution in [0.1, 0.15) is 16.7 Å². The summed E-state index contributed by atoms with van der Waals surface area (Å²) in [4.78, 5) is 21.3. The molecule has 4 rings (SSSR count). The fraction of sp³-hybridized carbons (Fsp3) is 0.292. The van der Waals surface area contributed by atoms with Crippen LogP contribution in [0.25, 0.3) is 6.08 Å². The molecule has 1 amide bonds. The molecule has 1 fully saturated rings. The monoisotopic (exact) mass is 502 g/mol. The highest BCUT2D eigenvalue weighted by atomic mass is 32.2. The highest BCUT2D eigenvalue weighted by Gasteiger charge is 2.35. The van der Waals surface area contributed by atoms with Gasteiger partial charge < -0.3 is 19.3 Å². The van der Waals surface area contributed by atoms with Gasteiger partial charge in [0, 0.05) is 26.2 Å². The summed E-state index contributed by atoms with van der Waals surface area (Å²) in [7, 11) is 3.41. The number of alkyl halides is 3. The first-order valence-corrected chi connectivity index (χ1v) is 11.4. The molecule has 182 valence electrons. The number of rotatable bonds is 4. The maximum Gasteiger partial charge on any atom is 0.420 e.